The quantitative estimate of drug-likeness (QED) is 0.495. The monoisotopic (exact) mass is 337 g/mol. The van der Waals surface area contributed by atoms with Gasteiger partial charge in [0.25, 0.3) is 0 Å². The van der Waals surface area contributed by atoms with Gasteiger partial charge < -0.3 is 4.74 Å². The number of fused-ring (bicyclic) bond motifs is 1. The van der Waals surface area contributed by atoms with Crippen LogP contribution in [0, 0.1) is 12.8 Å². The van der Waals surface area contributed by atoms with Crippen molar-refractivity contribution >= 4 is 5.84 Å². The fourth-order valence-corrected chi connectivity index (χ4v) is 3.41. The lowest BCUT2D eigenvalue weighted by molar-refractivity contribution is 0.234. The van der Waals surface area contributed by atoms with E-state index < -0.39 is 0 Å². The number of hydroxylamine groups is 1. The van der Waals surface area contributed by atoms with Gasteiger partial charge in [0.1, 0.15) is 5.75 Å². The van der Waals surface area contributed by atoms with Crippen LogP contribution in [0.3, 0.4) is 0 Å². The lowest BCUT2D eigenvalue weighted by atomic mass is 10.0. The van der Waals surface area contributed by atoms with E-state index in [1.807, 2.05) is 18.2 Å². The summed E-state index contributed by atoms with van der Waals surface area (Å²) in [4.78, 5) is 8.88. The van der Waals surface area contributed by atoms with Crippen molar-refractivity contribution in [1.82, 2.24) is 10.5 Å². The lowest BCUT2D eigenvalue weighted by Gasteiger charge is -2.14. The van der Waals surface area contributed by atoms with Crippen molar-refractivity contribution < 1.29 is 9.94 Å². The average Bonchev–Trinajstić information content (AvgIpc) is 3.32. The molecule has 1 fully saturated rings. The molecular formula is C20H23N3O2. The van der Waals surface area contributed by atoms with Crippen LogP contribution < -0.4 is 10.2 Å². The number of aliphatic imine (C=N–C) groups is 1. The number of nitrogens with zero attached hydrogens (tertiary/aromatic N) is 2. The molecule has 0 aliphatic heterocycles. The number of amidine groups is 1. The number of rotatable bonds is 5. The topological polar surface area (TPSA) is 66.7 Å². The first-order chi connectivity index (χ1) is 12.3. The van der Waals surface area contributed by atoms with Gasteiger partial charge >= 0.3 is 0 Å². The van der Waals surface area contributed by atoms with Gasteiger partial charge in [-0.05, 0) is 79.8 Å². The first-order valence-corrected chi connectivity index (χ1v) is 8.95. The van der Waals surface area contributed by atoms with Gasteiger partial charge in [-0.1, -0.05) is 6.07 Å². The van der Waals surface area contributed by atoms with Crippen molar-refractivity contribution in [3.8, 4) is 11.6 Å². The summed E-state index contributed by atoms with van der Waals surface area (Å²) in [5, 5.41) is 9.53. The number of nitrogens with one attached hydrogen (secondary N) is 1. The van der Waals surface area contributed by atoms with E-state index in [-0.39, 0.29) is 0 Å². The third-order valence-electron chi connectivity index (χ3n) is 5.02. The average molecular weight is 337 g/mol. The van der Waals surface area contributed by atoms with E-state index in [0.29, 0.717) is 23.2 Å². The van der Waals surface area contributed by atoms with Crippen LogP contribution in [0.15, 0.2) is 35.5 Å². The smallest absolute Gasteiger partial charge is 0.230 e. The van der Waals surface area contributed by atoms with Crippen LogP contribution in [0.4, 0.5) is 0 Å². The highest BCUT2D eigenvalue weighted by Gasteiger charge is 2.22. The lowest BCUT2D eigenvalue weighted by Crippen LogP contribution is -2.22. The maximum atomic E-state index is 9.53. The zero-order valence-corrected chi connectivity index (χ0v) is 14.5. The van der Waals surface area contributed by atoms with E-state index in [4.69, 9.17) is 4.74 Å². The molecule has 0 spiro atoms. The van der Waals surface area contributed by atoms with Crippen LogP contribution in [0.25, 0.3) is 0 Å². The summed E-state index contributed by atoms with van der Waals surface area (Å²) in [5.41, 5.74) is 6.90. The fraction of sp³-hybridized carbons (Fsp3) is 0.400. The Kier molecular flexibility index (Phi) is 4.40. The van der Waals surface area contributed by atoms with Crippen LogP contribution in [-0.2, 0) is 12.8 Å². The molecule has 0 unspecified atom stereocenters. The largest absolute Gasteiger partial charge is 0.438 e. The summed E-state index contributed by atoms with van der Waals surface area (Å²) in [6.45, 7) is 2.87. The van der Waals surface area contributed by atoms with Crippen molar-refractivity contribution in [3.05, 3.63) is 52.7 Å². The summed E-state index contributed by atoms with van der Waals surface area (Å²) < 4.78 is 6.17. The second-order valence-corrected chi connectivity index (χ2v) is 6.89. The van der Waals surface area contributed by atoms with Gasteiger partial charge in [-0.15, -0.1) is 0 Å². The van der Waals surface area contributed by atoms with Crippen molar-refractivity contribution in [2.45, 2.75) is 39.0 Å². The molecule has 1 heterocycles. The number of hydrogen-bond acceptors (Lipinski definition) is 4. The summed E-state index contributed by atoms with van der Waals surface area (Å²) in [6.07, 6.45) is 7.44. The molecule has 0 saturated heterocycles. The minimum Gasteiger partial charge on any atom is -0.438 e. The highest BCUT2D eigenvalue weighted by atomic mass is 16.5. The van der Waals surface area contributed by atoms with E-state index in [2.05, 4.69) is 28.4 Å². The Bertz CT molecular complexity index is 813. The fourth-order valence-electron chi connectivity index (χ4n) is 3.41. The van der Waals surface area contributed by atoms with E-state index in [1.165, 1.54) is 29.5 Å². The number of hydrogen-bond donors (Lipinski definition) is 2. The van der Waals surface area contributed by atoms with Crippen LogP contribution in [0.5, 0.6) is 11.6 Å². The molecular weight excluding hydrogens is 314 g/mol. The Balaban J connectivity index is 1.65. The zero-order chi connectivity index (χ0) is 17.2. The minimum absolute atomic E-state index is 0.416. The Morgan fingerprint density at radius 1 is 1.28 bits per heavy atom. The van der Waals surface area contributed by atoms with Gasteiger partial charge in [0.05, 0.1) is 5.56 Å². The van der Waals surface area contributed by atoms with Crippen LogP contribution >= 0.6 is 0 Å². The highest BCUT2D eigenvalue weighted by molar-refractivity contribution is 6.00. The molecule has 2 aromatic rings. The molecule has 4 rings (SSSR count). The molecule has 1 aromatic heterocycles. The van der Waals surface area contributed by atoms with E-state index in [9.17, 15) is 5.21 Å². The highest BCUT2D eigenvalue weighted by Crippen LogP contribution is 2.36. The Labute approximate surface area is 147 Å². The zero-order valence-electron chi connectivity index (χ0n) is 14.5. The predicted octanol–water partition coefficient (Wildman–Crippen LogP) is 3.81. The molecule has 2 N–H and O–H groups in total. The normalized spacial score (nSPS) is 16.6. The second kappa shape index (κ2) is 6.84. The van der Waals surface area contributed by atoms with Gasteiger partial charge in [-0.3, -0.25) is 15.7 Å². The van der Waals surface area contributed by atoms with Gasteiger partial charge in [-0.2, -0.15) is 0 Å². The minimum atomic E-state index is 0.416. The maximum Gasteiger partial charge on any atom is 0.230 e. The number of aryl methyl sites for hydroxylation is 1. The second-order valence-electron chi connectivity index (χ2n) is 6.89. The molecule has 130 valence electrons. The molecule has 1 aromatic carbocycles. The molecule has 2 aliphatic carbocycles. The van der Waals surface area contributed by atoms with E-state index in [0.717, 1.165) is 31.6 Å². The number of benzene rings is 1. The van der Waals surface area contributed by atoms with Crippen molar-refractivity contribution in [1.29, 1.82) is 0 Å². The summed E-state index contributed by atoms with van der Waals surface area (Å²) in [7, 11) is 0. The first kappa shape index (κ1) is 16.1. The molecule has 5 nitrogen and oxygen atoms in total. The van der Waals surface area contributed by atoms with E-state index >= 15 is 0 Å². The Hall–Kier alpha value is -2.40. The summed E-state index contributed by atoms with van der Waals surface area (Å²) in [5.74, 6) is 2.39. The molecule has 0 atom stereocenters. The first-order valence-electron chi connectivity index (χ1n) is 8.95. The summed E-state index contributed by atoms with van der Waals surface area (Å²) in [6, 6.07) is 7.82. The SMILES string of the molecule is Cc1ccc(Oc2ncccc2C(=NCC2CC2)NO)c2c1CCC2. The van der Waals surface area contributed by atoms with E-state index in [1.54, 1.807) is 6.20 Å². The molecule has 0 bridgehead atoms. The maximum absolute atomic E-state index is 9.53. The molecule has 2 aliphatic rings. The van der Waals surface area contributed by atoms with Crippen LogP contribution in [0.1, 0.15) is 41.5 Å². The molecule has 0 radical (unpaired) electrons. The third kappa shape index (κ3) is 3.37. The molecule has 25 heavy (non-hydrogen) atoms. The number of ether oxygens (including phenoxy) is 1. The molecule has 1 saturated carbocycles. The third-order valence-corrected chi connectivity index (χ3v) is 5.02. The van der Waals surface area contributed by atoms with Gasteiger partial charge in [0.2, 0.25) is 5.88 Å². The van der Waals surface area contributed by atoms with Crippen molar-refractivity contribution in [2.24, 2.45) is 10.9 Å². The summed E-state index contributed by atoms with van der Waals surface area (Å²) >= 11 is 0. The number of pyridine rings is 1. The van der Waals surface area contributed by atoms with Crippen molar-refractivity contribution in [3.63, 3.8) is 0 Å². The number of aromatic nitrogens is 1. The standard InChI is InChI=1S/C20H23N3O2/c1-13-7-10-18(16-5-2-4-15(13)16)25-20-17(6-3-11-21-20)19(23-24)22-12-14-8-9-14/h3,6-7,10-11,14,24H,2,4-5,8-9,12H2,1H3,(H,22,23). The predicted molar refractivity (Wildman–Crippen MR) is 96.6 cm³/mol. The van der Waals surface area contributed by atoms with Gasteiger partial charge in [0.15, 0.2) is 5.84 Å². The van der Waals surface area contributed by atoms with Gasteiger partial charge in [0, 0.05) is 12.7 Å². The molecule has 5 heteroatoms. The Morgan fingerprint density at radius 3 is 2.92 bits per heavy atom. The molecule has 0 amide bonds. The van der Waals surface area contributed by atoms with Crippen molar-refractivity contribution in [2.75, 3.05) is 6.54 Å². The van der Waals surface area contributed by atoms with Gasteiger partial charge in [-0.25, -0.2) is 4.98 Å². The van der Waals surface area contributed by atoms with Crippen LogP contribution in [-0.4, -0.2) is 22.6 Å². The Morgan fingerprint density at radius 2 is 2.12 bits per heavy atom. The van der Waals surface area contributed by atoms with Crippen LogP contribution in [0.2, 0.25) is 0 Å².